The topological polar surface area (TPSA) is 67.2 Å². The summed E-state index contributed by atoms with van der Waals surface area (Å²) in [5, 5.41) is 17.6. The molecule has 1 saturated carbocycles. The first-order valence-electron chi connectivity index (χ1n) is 7.97. The van der Waals surface area contributed by atoms with Crippen molar-refractivity contribution in [3.05, 3.63) is 17.5 Å². The van der Waals surface area contributed by atoms with Crippen LogP contribution in [0.2, 0.25) is 0 Å². The van der Waals surface area contributed by atoms with Crippen LogP contribution in [-0.2, 0) is 18.3 Å². The van der Waals surface area contributed by atoms with Crippen LogP contribution in [0, 0.1) is 6.92 Å². The largest absolute Gasteiger partial charge is 0.388 e. The van der Waals surface area contributed by atoms with E-state index in [2.05, 4.69) is 10.4 Å². The molecule has 1 aliphatic rings. The fourth-order valence-corrected chi connectivity index (χ4v) is 2.95. The molecule has 1 amide bonds. The van der Waals surface area contributed by atoms with Gasteiger partial charge in [0.25, 0.3) is 0 Å². The summed E-state index contributed by atoms with van der Waals surface area (Å²) in [5.74, 6) is 0.0101. The zero-order chi connectivity index (χ0) is 15.3. The quantitative estimate of drug-likeness (QED) is 0.814. The zero-order valence-corrected chi connectivity index (χ0v) is 13.2. The van der Waals surface area contributed by atoms with Gasteiger partial charge in [-0.1, -0.05) is 25.7 Å². The van der Waals surface area contributed by atoms with Crippen LogP contribution in [0.25, 0.3) is 0 Å². The molecule has 0 bridgehead atoms. The van der Waals surface area contributed by atoms with Gasteiger partial charge in [-0.05, 0) is 31.7 Å². The van der Waals surface area contributed by atoms with Gasteiger partial charge in [0.1, 0.15) is 0 Å². The second-order valence-electron chi connectivity index (χ2n) is 6.29. The number of hydrogen-bond donors (Lipinski definition) is 2. The number of carbonyl (C=O) groups excluding carboxylic acids is 1. The highest BCUT2D eigenvalue weighted by molar-refractivity contribution is 5.76. The first-order chi connectivity index (χ1) is 10.0. The maximum atomic E-state index is 12.0. The molecule has 5 heteroatoms. The maximum Gasteiger partial charge on any atom is 0.220 e. The Labute approximate surface area is 126 Å². The average molecular weight is 293 g/mol. The number of nitrogens with one attached hydrogen (secondary N) is 1. The minimum atomic E-state index is -0.698. The molecule has 21 heavy (non-hydrogen) atoms. The third kappa shape index (κ3) is 4.56. The summed E-state index contributed by atoms with van der Waals surface area (Å²) in [6, 6.07) is 0. The molecule has 0 unspecified atom stereocenters. The van der Waals surface area contributed by atoms with E-state index in [0.717, 1.165) is 36.9 Å². The summed E-state index contributed by atoms with van der Waals surface area (Å²) < 4.78 is 1.82. The van der Waals surface area contributed by atoms with E-state index in [4.69, 9.17) is 0 Å². The van der Waals surface area contributed by atoms with E-state index in [1.807, 2.05) is 24.9 Å². The number of aryl methyl sites for hydroxylation is 2. The lowest BCUT2D eigenvalue weighted by molar-refractivity contribution is -0.122. The number of nitrogens with zero attached hydrogens (tertiary/aromatic N) is 2. The molecule has 0 saturated heterocycles. The van der Waals surface area contributed by atoms with Crippen molar-refractivity contribution >= 4 is 5.91 Å². The van der Waals surface area contributed by atoms with Gasteiger partial charge in [-0.25, -0.2) is 0 Å². The molecule has 1 aromatic rings. The minimum Gasteiger partial charge on any atom is -0.388 e. The fraction of sp³-hybridized carbons (Fsp3) is 0.750. The Morgan fingerprint density at radius 2 is 2.05 bits per heavy atom. The zero-order valence-electron chi connectivity index (χ0n) is 13.2. The summed E-state index contributed by atoms with van der Waals surface area (Å²) in [5.41, 5.74) is 1.52. The lowest BCUT2D eigenvalue weighted by atomic mass is 9.94. The number of aliphatic hydroxyl groups is 1. The Hall–Kier alpha value is -1.36. The summed E-state index contributed by atoms with van der Waals surface area (Å²) in [6.45, 7) is 2.40. The van der Waals surface area contributed by atoms with Crippen LogP contribution >= 0.6 is 0 Å². The van der Waals surface area contributed by atoms with Gasteiger partial charge < -0.3 is 10.4 Å². The van der Waals surface area contributed by atoms with Crippen LogP contribution in [-0.4, -0.2) is 32.9 Å². The Balaban J connectivity index is 1.75. The van der Waals surface area contributed by atoms with Gasteiger partial charge in [-0.15, -0.1) is 0 Å². The molecule has 1 heterocycles. The molecular weight excluding hydrogens is 266 g/mol. The predicted octanol–water partition coefficient (Wildman–Crippen LogP) is 1.86. The Kier molecular flexibility index (Phi) is 5.39. The van der Waals surface area contributed by atoms with Crippen LogP contribution in [0.15, 0.2) is 6.20 Å². The fourth-order valence-electron chi connectivity index (χ4n) is 2.95. The SMILES string of the molecule is Cc1c(CCC(=O)NCC2(O)CCCCCC2)cnn1C. The molecule has 5 nitrogen and oxygen atoms in total. The van der Waals surface area contributed by atoms with Crippen molar-refractivity contribution in [1.82, 2.24) is 15.1 Å². The van der Waals surface area contributed by atoms with Crippen molar-refractivity contribution < 1.29 is 9.90 Å². The van der Waals surface area contributed by atoms with E-state index in [-0.39, 0.29) is 5.91 Å². The van der Waals surface area contributed by atoms with Gasteiger partial charge in [-0.2, -0.15) is 5.10 Å². The second-order valence-corrected chi connectivity index (χ2v) is 6.29. The van der Waals surface area contributed by atoms with Gasteiger partial charge >= 0.3 is 0 Å². The number of carbonyl (C=O) groups is 1. The van der Waals surface area contributed by atoms with Gasteiger partial charge in [-0.3, -0.25) is 9.48 Å². The van der Waals surface area contributed by atoms with E-state index in [1.54, 1.807) is 0 Å². The van der Waals surface area contributed by atoms with E-state index in [1.165, 1.54) is 12.8 Å². The lowest BCUT2D eigenvalue weighted by Gasteiger charge is -2.26. The third-order valence-electron chi connectivity index (χ3n) is 4.61. The van der Waals surface area contributed by atoms with Crippen LogP contribution in [0.4, 0.5) is 0 Å². The monoisotopic (exact) mass is 293 g/mol. The lowest BCUT2D eigenvalue weighted by Crippen LogP contribution is -2.42. The Bertz CT molecular complexity index is 474. The molecule has 0 spiro atoms. The van der Waals surface area contributed by atoms with E-state index < -0.39 is 5.60 Å². The molecule has 0 aliphatic heterocycles. The first kappa shape index (κ1) is 16.0. The standard InChI is InChI=1S/C16H27N3O2/c1-13-14(11-18-19(13)2)7-8-15(20)17-12-16(21)9-5-3-4-6-10-16/h11,21H,3-10,12H2,1-2H3,(H,17,20). The van der Waals surface area contributed by atoms with Crippen molar-refractivity contribution in [2.24, 2.45) is 7.05 Å². The van der Waals surface area contributed by atoms with Gasteiger partial charge in [0.2, 0.25) is 5.91 Å². The highest BCUT2D eigenvalue weighted by atomic mass is 16.3. The minimum absolute atomic E-state index is 0.0101. The maximum absolute atomic E-state index is 12.0. The first-order valence-corrected chi connectivity index (χ1v) is 7.97. The molecule has 0 atom stereocenters. The number of rotatable bonds is 5. The molecule has 2 N–H and O–H groups in total. The molecule has 2 rings (SSSR count). The van der Waals surface area contributed by atoms with E-state index in [0.29, 0.717) is 19.4 Å². The highest BCUT2D eigenvalue weighted by Gasteiger charge is 2.28. The van der Waals surface area contributed by atoms with Gasteiger partial charge in [0.05, 0.1) is 11.8 Å². The van der Waals surface area contributed by atoms with Crippen molar-refractivity contribution in [3.63, 3.8) is 0 Å². The van der Waals surface area contributed by atoms with E-state index >= 15 is 0 Å². The number of amides is 1. The summed E-state index contributed by atoms with van der Waals surface area (Å²) >= 11 is 0. The summed E-state index contributed by atoms with van der Waals surface area (Å²) in [4.78, 5) is 12.0. The highest BCUT2D eigenvalue weighted by Crippen LogP contribution is 2.26. The molecule has 0 aromatic carbocycles. The van der Waals surface area contributed by atoms with Crippen LogP contribution in [0.5, 0.6) is 0 Å². The van der Waals surface area contributed by atoms with Crippen molar-refractivity contribution in [3.8, 4) is 0 Å². The molecule has 1 aliphatic carbocycles. The summed E-state index contributed by atoms with van der Waals surface area (Å²) in [7, 11) is 1.90. The normalized spacial score (nSPS) is 18.2. The van der Waals surface area contributed by atoms with Gasteiger partial charge in [0, 0.05) is 25.7 Å². The summed E-state index contributed by atoms with van der Waals surface area (Å²) in [6.07, 6.45) is 9.06. The second kappa shape index (κ2) is 7.07. The molecule has 1 aromatic heterocycles. The predicted molar refractivity (Wildman–Crippen MR) is 81.9 cm³/mol. The van der Waals surface area contributed by atoms with Crippen LogP contribution in [0.3, 0.4) is 0 Å². The molecule has 0 radical (unpaired) electrons. The van der Waals surface area contributed by atoms with Crippen LogP contribution in [0.1, 0.15) is 56.2 Å². The van der Waals surface area contributed by atoms with Crippen molar-refractivity contribution in [1.29, 1.82) is 0 Å². The number of hydrogen-bond acceptors (Lipinski definition) is 3. The smallest absolute Gasteiger partial charge is 0.220 e. The van der Waals surface area contributed by atoms with Crippen molar-refractivity contribution in [2.45, 2.75) is 63.9 Å². The molecule has 118 valence electrons. The third-order valence-corrected chi connectivity index (χ3v) is 4.61. The van der Waals surface area contributed by atoms with Crippen LogP contribution < -0.4 is 5.32 Å². The van der Waals surface area contributed by atoms with Gasteiger partial charge in [0.15, 0.2) is 0 Å². The number of aromatic nitrogens is 2. The van der Waals surface area contributed by atoms with Crippen molar-refractivity contribution in [2.75, 3.05) is 6.54 Å². The molecular formula is C16H27N3O2. The Morgan fingerprint density at radius 1 is 1.38 bits per heavy atom. The van der Waals surface area contributed by atoms with E-state index in [9.17, 15) is 9.90 Å². The molecule has 1 fully saturated rings. The Morgan fingerprint density at radius 3 is 2.62 bits per heavy atom. The average Bonchev–Trinajstić information content (AvgIpc) is 2.66.